The fraction of sp³-hybridized carbons (Fsp3) is 0.417. The first-order valence-electron chi connectivity index (χ1n) is 5.45. The largest absolute Gasteiger partial charge is 0.460 e. The Balaban J connectivity index is 2.64. The minimum atomic E-state index is -0.368. The van der Waals surface area contributed by atoms with E-state index < -0.39 is 0 Å². The van der Waals surface area contributed by atoms with Crippen molar-refractivity contribution in [3.63, 3.8) is 0 Å². The minimum Gasteiger partial charge on any atom is -0.460 e. The minimum absolute atomic E-state index is 0.178. The number of para-hydroxylation sites is 1. The lowest BCUT2D eigenvalue weighted by atomic mass is 10.2. The summed E-state index contributed by atoms with van der Waals surface area (Å²) >= 11 is 0. The molecule has 3 N–H and O–H groups in total. The smallest absolute Gasteiger partial charge is 0.340 e. The summed E-state index contributed by atoms with van der Waals surface area (Å²) in [7, 11) is 3.88. The molecular formula is C12H19N3O2. The Labute approximate surface area is 102 Å². The van der Waals surface area contributed by atoms with E-state index >= 15 is 0 Å². The first-order valence-corrected chi connectivity index (χ1v) is 5.45. The molecule has 17 heavy (non-hydrogen) atoms. The fourth-order valence-corrected chi connectivity index (χ4v) is 1.21. The van der Waals surface area contributed by atoms with E-state index in [2.05, 4.69) is 5.43 Å². The van der Waals surface area contributed by atoms with E-state index in [1.807, 2.05) is 25.9 Å². The third-order valence-electron chi connectivity index (χ3n) is 2.64. The average Bonchev–Trinajstić information content (AvgIpc) is 2.35. The lowest BCUT2D eigenvalue weighted by Crippen LogP contribution is -2.30. The maximum Gasteiger partial charge on any atom is 0.340 e. The second-order valence-corrected chi connectivity index (χ2v) is 4.10. The predicted octanol–water partition coefficient (Wildman–Crippen LogP) is 1.08. The van der Waals surface area contributed by atoms with Crippen molar-refractivity contribution in [3.05, 3.63) is 29.8 Å². The van der Waals surface area contributed by atoms with E-state index in [4.69, 9.17) is 10.6 Å². The summed E-state index contributed by atoms with van der Waals surface area (Å²) in [4.78, 5) is 13.8. The van der Waals surface area contributed by atoms with E-state index in [0.29, 0.717) is 17.9 Å². The molecule has 0 saturated carbocycles. The van der Waals surface area contributed by atoms with E-state index in [9.17, 15) is 4.79 Å². The van der Waals surface area contributed by atoms with Gasteiger partial charge < -0.3 is 15.1 Å². The molecule has 1 aromatic rings. The van der Waals surface area contributed by atoms with Gasteiger partial charge in [0.05, 0.1) is 11.3 Å². The molecule has 1 rings (SSSR count). The zero-order valence-corrected chi connectivity index (χ0v) is 10.4. The number of hydrogen-bond donors (Lipinski definition) is 2. The third-order valence-corrected chi connectivity index (χ3v) is 2.64. The molecule has 0 amide bonds. The number of anilines is 1. The highest BCUT2D eigenvalue weighted by Gasteiger charge is 2.13. The van der Waals surface area contributed by atoms with Gasteiger partial charge in [0, 0.05) is 6.04 Å². The highest BCUT2D eigenvalue weighted by Crippen LogP contribution is 2.14. The topological polar surface area (TPSA) is 67.6 Å². The number of likely N-dealkylation sites (N-methyl/N-ethyl adjacent to an activating group) is 1. The van der Waals surface area contributed by atoms with Crippen molar-refractivity contribution in [2.45, 2.75) is 13.0 Å². The zero-order chi connectivity index (χ0) is 12.8. The highest BCUT2D eigenvalue weighted by atomic mass is 16.5. The van der Waals surface area contributed by atoms with Crippen molar-refractivity contribution in [2.75, 3.05) is 26.1 Å². The fourth-order valence-electron chi connectivity index (χ4n) is 1.21. The van der Waals surface area contributed by atoms with Crippen molar-refractivity contribution >= 4 is 11.7 Å². The van der Waals surface area contributed by atoms with Gasteiger partial charge in [-0.3, -0.25) is 5.84 Å². The van der Waals surface area contributed by atoms with Crippen LogP contribution in [0.1, 0.15) is 17.3 Å². The number of benzene rings is 1. The van der Waals surface area contributed by atoms with Crippen molar-refractivity contribution in [2.24, 2.45) is 5.84 Å². The third kappa shape index (κ3) is 3.72. The number of ether oxygens (including phenoxy) is 1. The van der Waals surface area contributed by atoms with Gasteiger partial charge in [0.2, 0.25) is 0 Å². The van der Waals surface area contributed by atoms with Gasteiger partial charge in [0.1, 0.15) is 6.61 Å². The number of carbonyl (C=O) groups is 1. The Kier molecular flexibility index (Phi) is 4.93. The van der Waals surface area contributed by atoms with Crippen LogP contribution in [0.5, 0.6) is 0 Å². The Morgan fingerprint density at radius 2 is 2.12 bits per heavy atom. The Morgan fingerprint density at radius 1 is 1.47 bits per heavy atom. The van der Waals surface area contributed by atoms with E-state index in [0.717, 1.165) is 0 Å². The lowest BCUT2D eigenvalue weighted by molar-refractivity contribution is 0.0418. The molecule has 0 bridgehead atoms. The molecule has 1 atom stereocenters. The molecule has 0 aliphatic heterocycles. The van der Waals surface area contributed by atoms with Gasteiger partial charge in [-0.15, -0.1) is 0 Å². The molecule has 1 unspecified atom stereocenters. The number of nitrogens with one attached hydrogen (secondary N) is 1. The van der Waals surface area contributed by atoms with Crippen LogP contribution in [0.25, 0.3) is 0 Å². The zero-order valence-electron chi connectivity index (χ0n) is 10.4. The molecule has 0 fully saturated rings. The maximum absolute atomic E-state index is 11.8. The Hall–Kier alpha value is -1.59. The van der Waals surface area contributed by atoms with E-state index in [1.165, 1.54) is 0 Å². The quantitative estimate of drug-likeness (QED) is 0.455. The van der Waals surface area contributed by atoms with Crippen LogP contribution in [0.2, 0.25) is 0 Å². The first-order chi connectivity index (χ1) is 8.06. The number of nitrogens with zero attached hydrogens (tertiary/aromatic N) is 1. The molecule has 5 nitrogen and oxygen atoms in total. The van der Waals surface area contributed by atoms with Crippen LogP contribution in [-0.4, -0.2) is 37.6 Å². The van der Waals surface area contributed by atoms with Crippen LogP contribution < -0.4 is 11.3 Å². The molecule has 0 aliphatic rings. The van der Waals surface area contributed by atoms with Gasteiger partial charge >= 0.3 is 5.97 Å². The molecule has 0 saturated heterocycles. The highest BCUT2D eigenvalue weighted by molar-refractivity contribution is 5.95. The molecule has 0 aromatic heterocycles. The van der Waals surface area contributed by atoms with Crippen molar-refractivity contribution < 1.29 is 9.53 Å². The standard InChI is InChI=1S/C12H19N3O2/c1-9(15(2)3)8-17-12(16)10-6-4-5-7-11(10)14-13/h4-7,9,14H,8,13H2,1-3H3. The summed E-state index contributed by atoms with van der Waals surface area (Å²) < 4.78 is 5.22. The van der Waals surface area contributed by atoms with Gasteiger partial charge in [-0.2, -0.15) is 0 Å². The summed E-state index contributed by atoms with van der Waals surface area (Å²) in [6.45, 7) is 2.34. The summed E-state index contributed by atoms with van der Waals surface area (Å²) in [5.74, 6) is 4.96. The van der Waals surface area contributed by atoms with Crippen molar-refractivity contribution in [1.82, 2.24) is 4.90 Å². The first kappa shape index (κ1) is 13.5. The van der Waals surface area contributed by atoms with Crippen LogP contribution in [-0.2, 0) is 4.74 Å². The monoisotopic (exact) mass is 237 g/mol. The lowest BCUT2D eigenvalue weighted by Gasteiger charge is -2.19. The van der Waals surface area contributed by atoms with Crippen molar-refractivity contribution in [3.8, 4) is 0 Å². The summed E-state index contributed by atoms with van der Waals surface area (Å²) in [5, 5.41) is 0. The van der Waals surface area contributed by atoms with Crippen LogP contribution in [0.4, 0.5) is 5.69 Å². The van der Waals surface area contributed by atoms with Gasteiger partial charge in [-0.1, -0.05) is 12.1 Å². The molecule has 0 heterocycles. The summed E-state index contributed by atoms with van der Waals surface area (Å²) in [6, 6.07) is 7.15. The molecule has 0 spiro atoms. The second kappa shape index (κ2) is 6.22. The number of nitrogen functional groups attached to an aromatic ring is 1. The van der Waals surface area contributed by atoms with Crippen molar-refractivity contribution in [1.29, 1.82) is 0 Å². The normalized spacial score (nSPS) is 12.3. The second-order valence-electron chi connectivity index (χ2n) is 4.10. The number of rotatable bonds is 5. The molecule has 94 valence electrons. The molecule has 0 radical (unpaired) electrons. The number of nitrogens with two attached hydrogens (primary N) is 1. The van der Waals surface area contributed by atoms with Crippen LogP contribution in [0.15, 0.2) is 24.3 Å². The van der Waals surface area contributed by atoms with Gasteiger partial charge in [-0.25, -0.2) is 4.79 Å². The number of esters is 1. The Bertz CT molecular complexity index is 380. The molecule has 5 heteroatoms. The predicted molar refractivity (Wildman–Crippen MR) is 67.7 cm³/mol. The van der Waals surface area contributed by atoms with E-state index in [1.54, 1.807) is 24.3 Å². The van der Waals surface area contributed by atoms with E-state index in [-0.39, 0.29) is 12.0 Å². The number of hydrazine groups is 1. The van der Waals surface area contributed by atoms with Gasteiger partial charge in [0.15, 0.2) is 0 Å². The summed E-state index contributed by atoms with van der Waals surface area (Å²) in [5.41, 5.74) is 3.49. The van der Waals surface area contributed by atoms with Crippen LogP contribution >= 0.6 is 0 Å². The Morgan fingerprint density at radius 3 is 2.71 bits per heavy atom. The molecular weight excluding hydrogens is 218 g/mol. The van der Waals surface area contributed by atoms with Crippen LogP contribution in [0, 0.1) is 0 Å². The average molecular weight is 237 g/mol. The number of carbonyl (C=O) groups excluding carboxylic acids is 1. The molecule has 0 aliphatic carbocycles. The molecule has 1 aromatic carbocycles. The van der Waals surface area contributed by atoms with Gasteiger partial charge in [-0.05, 0) is 33.2 Å². The van der Waals surface area contributed by atoms with Crippen LogP contribution in [0.3, 0.4) is 0 Å². The SMILES string of the molecule is CC(COC(=O)c1ccccc1NN)N(C)C. The van der Waals surface area contributed by atoms with Gasteiger partial charge in [0.25, 0.3) is 0 Å². The number of hydrogen-bond acceptors (Lipinski definition) is 5. The maximum atomic E-state index is 11.8. The summed E-state index contributed by atoms with van der Waals surface area (Å²) in [6.07, 6.45) is 0.